The summed E-state index contributed by atoms with van der Waals surface area (Å²) < 4.78 is 0. The maximum atomic E-state index is 13.4. The molecule has 0 heterocycles. The number of aryl methyl sites for hydroxylation is 1. The van der Waals surface area contributed by atoms with Gasteiger partial charge in [-0.3, -0.25) is 9.59 Å². The molecule has 7 N–H and O–H groups in total. The van der Waals surface area contributed by atoms with Gasteiger partial charge in [-0.25, -0.2) is 0 Å². The number of hydrogen-bond acceptors (Lipinski definition) is 4. The molecular weight excluding hydrogens is 538 g/mol. The molecule has 2 aliphatic carbocycles. The fraction of sp³-hybridized carbons (Fsp3) is 0.639. The lowest BCUT2D eigenvalue weighted by Gasteiger charge is -2.27. The van der Waals surface area contributed by atoms with Crippen molar-refractivity contribution in [2.75, 3.05) is 13.6 Å². The number of Topliss-reactive ketones (excluding diaryl/α,β-unsaturated/α-hetero) is 1. The molecule has 7 nitrogen and oxygen atoms in total. The quantitative estimate of drug-likeness (QED) is 0.380. The van der Waals surface area contributed by atoms with Gasteiger partial charge < -0.3 is 26.7 Å². The minimum Gasteiger partial charge on any atom is -0.545 e. The van der Waals surface area contributed by atoms with E-state index in [0.717, 1.165) is 63.5 Å². The normalized spacial score (nSPS) is 21.1. The predicted molar refractivity (Wildman–Crippen MR) is 175 cm³/mol. The van der Waals surface area contributed by atoms with Gasteiger partial charge in [-0.1, -0.05) is 71.6 Å². The first-order chi connectivity index (χ1) is 20.6. The number of rotatable bonds is 7. The second kappa shape index (κ2) is 20.2. The lowest BCUT2D eigenvalue weighted by atomic mass is 9.79. The Hall–Kier alpha value is -2.77. The highest BCUT2D eigenvalue weighted by Crippen LogP contribution is 2.35. The maximum Gasteiger partial charge on any atom is 0.252 e. The highest BCUT2D eigenvalue weighted by Gasteiger charge is 2.26. The first kappa shape index (κ1) is 38.3. The Morgan fingerprint density at radius 3 is 1.72 bits per heavy atom. The molecule has 1 amide bonds. The van der Waals surface area contributed by atoms with E-state index in [2.05, 4.69) is 44.5 Å². The van der Waals surface area contributed by atoms with E-state index in [1.54, 1.807) is 19.2 Å². The number of hydrogen-bond donors (Lipinski definition) is 3. The summed E-state index contributed by atoms with van der Waals surface area (Å²) in [6.07, 6.45) is 11.4. The van der Waals surface area contributed by atoms with Crippen LogP contribution in [-0.2, 0) is 0 Å². The summed E-state index contributed by atoms with van der Waals surface area (Å²) in [5, 5.41) is 16.1. The van der Waals surface area contributed by atoms with Crippen LogP contribution in [0.2, 0.25) is 0 Å². The van der Waals surface area contributed by atoms with Crippen molar-refractivity contribution in [2.24, 2.45) is 17.8 Å². The Kier molecular flexibility index (Phi) is 18.0. The summed E-state index contributed by atoms with van der Waals surface area (Å²) in [5.41, 5.74) is 8.31. The summed E-state index contributed by atoms with van der Waals surface area (Å²) in [5.74, 6) is 0.120. The zero-order chi connectivity index (χ0) is 32.5. The van der Waals surface area contributed by atoms with Crippen molar-refractivity contribution in [3.63, 3.8) is 0 Å². The van der Waals surface area contributed by atoms with Gasteiger partial charge in [0, 0.05) is 34.5 Å². The van der Waals surface area contributed by atoms with E-state index in [9.17, 15) is 19.5 Å². The number of carbonyl (C=O) groups excluding carboxylic acids is 3. The number of fused-ring (bicyclic) bond motifs is 1. The van der Waals surface area contributed by atoms with Crippen molar-refractivity contribution in [3.05, 3.63) is 46.5 Å². The number of unbranched alkanes of at least 4 members (excludes halogenated alkanes) is 1. The van der Waals surface area contributed by atoms with Crippen molar-refractivity contribution < 1.29 is 31.0 Å². The van der Waals surface area contributed by atoms with Gasteiger partial charge in [0.1, 0.15) is 0 Å². The largest absolute Gasteiger partial charge is 0.545 e. The summed E-state index contributed by atoms with van der Waals surface area (Å²) in [4.78, 5) is 38.8. The Morgan fingerprint density at radius 1 is 0.767 bits per heavy atom. The standard InChI is InChI=1S/C29H37NO4.C4H10.C2H7N.CH5N/c1-17-4-9-20(10-5-17)16-25(31)22-13-8-19(3)26-23(14-15-24(27(22)26)29(33)34)28(32)30-21-11-6-18(2)7-12-21;1-3-4-2;1-2-3;1-2/h8,13-15,17-18,20-21H,4-7,9-12,16H2,1-3H3,(H,30,32)(H,33,34);3-4H2,1-2H3;2-3H2,1H3;2H2,1H3/p+1. The van der Waals surface area contributed by atoms with Gasteiger partial charge in [-0.2, -0.15) is 0 Å². The highest BCUT2D eigenvalue weighted by molar-refractivity contribution is 6.20. The van der Waals surface area contributed by atoms with E-state index in [-0.39, 0.29) is 23.3 Å². The molecular formula is C36H60N3O4+. The number of carboxylic acid groups (broad SMARTS) is 1. The molecule has 0 spiro atoms. The molecule has 0 saturated heterocycles. The number of amides is 1. The van der Waals surface area contributed by atoms with E-state index < -0.39 is 5.97 Å². The lowest BCUT2D eigenvalue weighted by Crippen LogP contribution is -2.48. The third-order valence-electron chi connectivity index (χ3n) is 8.59. The second-order valence-electron chi connectivity index (χ2n) is 12.3. The molecule has 2 aromatic rings. The number of carboxylic acids is 1. The molecule has 4 rings (SSSR count). The molecule has 0 aromatic heterocycles. The Balaban J connectivity index is 0.000000916. The molecule has 43 heavy (non-hydrogen) atoms. The number of ketones is 1. The van der Waals surface area contributed by atoms with Gasteiger partial charge in [0.2, 0.25) is 0 Å². The van der Waals surface area contributed by atoms with E-state index in [4.69, 9.17) is 0 Å². The van der Waals surface area contributed by atoms with Crippen LogP contribution in [0.4, 0.5) is 0 Å². The molecule has 2 fully saturated rings. The highest BCUT2D eigenvalue weighted by atomic mass is 16.4. The smallest absolute Gasteiger partial charge is 0.252 e. The maximum absolute atomic E-state index is 13.4. The van der Waals surface area contributed by atoms with Crippen molar-refractivity contribution in [1.82, 2.24) is 5.32 Å². The molecule has 2 saturated carbocycles. The van der Waals surface area contributed by atoms with Crippen LogP contribution in [0.5, 0.6) is 0 Å². The van der Waals surface area contributed by atoms with E-state index >= 15 is 0 Å². The van der Waals surface area contributed by atoms with E-state index in [0.29, 0.717) is 46.1 Å². The zero-order valence-corrected chi connectivity index (χ0v) is 28.2. The molecule has 7 heteroatoms. The van der Waals surface area contributed by atoms with Crippen LogP contribution < -0.4 is 21.9 Å². The average Bonchev–Trinajstić information content (AvgIpc) is 3.00. The van der Waals surface area contributed by atoms with Gasteiger partial charge in [0.25, 0.3) is 5.91 Å². The number of carbonyl (C=O) groups is 3. The first-order valence-electron chi connectivity index (χ1n) is 16.7. The summed E-state index contributed by atoms with van der Waals surface area (Å²) in [6.45, 7) is 13.7. The minimum absolute atomic E-state index is 0.0256. The van der Waals surface area contributed by atoms with Crippen LogP contribution in [0, 0.1) is 24.7 Å². The fourth-order valence-corrected chi connectivity index (χ4v) is 5.83. The third-order valence-corrected chi connectivity index (χ3v) is 8.59. The van der Waals surface area contributed by atoms with Gasteiger partial charge in [0.15, 0.2) is 5.78 Å². The molecule has 0 aliphatic heterocycles. The Morgan fingerprint density at radius 2 is 1.23 bits per heavy atom. The van der Waals surface area contributed by atoms with Crippen molar-refractivity contribution >= 4 is 28.4 Å². The molecule has 0 unspecified atom stereocenters. The number of quaternary nitrogens is 2. The van der Waals surface area contributed by atoms with Crippen LogP contribution in [0.15, 0.2) is 24.3 Å². The fourth-order valence-electron chi connectivity index (χ4n) is 5.83. The van der Waals surface area contributed by atoms with Gasteiger partial charge in [0.05, 0.1) is 19.6 Å². The van der Waals surface area contributed by atoms with Crippen molar-refractivity contribution in [1.29, 1.82) is 0 Å². The summed E-state index contributed by atoms with van der Waals surface area (Å²) in [6, 6.07) is 6.67. The minimum atomic E-state index is -1.33. The van der Waals surface area contributed by atoms with E-state index in [1.165, 1.54) is 18.9 Å². The third kappa shape index (κ3) is 11.7. The lowest BCUT2D eigenvalue weighted by molar-refractivity contribution is -0.361. The molecule has 0 bridgehead atoms. The Bertz CT molecular complexity index is 1140. The number of benzene rings is 2. The molecule has 0 radical (unpaired) electrons. The summed E-state index contributed by atoms with van der Waals surface area (Å²) in [7, 11) is 1.75. The predicted octanol–water partition coefficient (Wildman–Crippen LogP) is 5.13. The van der Waals surface area contributed by atoms with Crippen molar-refractivity contribution in [3.8, 4) is 0 Å². The van der Waals surface area contributed by atoms with Gasteiger partial charge in [-0.15, -0.1) is 0 Å². The summed E-state index contributed by atoms with van der Waals surface area (Å²) >= 11 is 0. The van der Waals surface area contributed by atoms with Gasteiger partial charge >= 0.3 is 0 Å². The van der Waals surface area contributed by atoms with E-state index in [1.807, 2.05) is 19.9 Å². The van der Waals surface area contributed by atoms with Gasteiger partial charge in [-0.05, 0) is 87.1 Å². The molecule has 2 aromatic carbocycles. The van der Waals surface area contributed by atoms with Crippen LogP contribution in [0.1, 0.15) is 142 Å². The number of aromatic carboxylic acids is 1. The van der Waals surface area contributed by atoms with Crippen LogP contribution in [0.3, 0.4) is 0 Å². The monoisotopic (exact) mass is 598 g/mol. The van der Waals surface area contributed by atoms with Crippen LogP contribution in [0.25, 0.3) is 10.8 Å². The SMILES string of the molecule is CCCC.CC[NH3+].C[NH3+].Cc1ccc(C(=O)CC2CCC(C)CC2)c2c(C(=O)[O-])ccc(C(=O)NC3CCC(C)CC3)c12. The topological polar surface area (TPSA) is 142 Å². The zero-order valence-electron chi connectivity index (χ0n) is 28.2. The van der Waals surface area contributed by atoms with Crippen LogP contribution >= 0.6 is 0 Å². The number of nitrogens with one attached hydrogen (secondary N) is 1. The first-order valence-corrected chi connectivity index (χ1v) is 16.7. The molecule has 2 aliphatic rings. The second-order valence-corrected chi connectivity index (χ2v) is 12.3. The molecule has 0 atom stereocenters. The van der Waals surface area contributed by atoms with Crippen LogP contribution in [-0.4, -0.2) is 37.3 Å². The molecule has 242 valence electrons. The Labute approximate surface area is 260 Å². The average molecular weight is 599 g/mol. The van der Waals surface area contributed by atoms with Crippen molar-refractivity contribution in [2.45, 2.75) is 118 Å².